The van der Waals surface area contributed by atoms with Gasteiger partial charge in [0.1, 0.15) is 0 Å². The minimum absolute atomic E-state index is 0.152. The molecule has 3 heteroatoms. The molecule has 0 aliphatic carbocycles. The average Bonchev–Trinajstić information content (AvgIpc) is 2.34. The number of aliphatic hydroxyl groups excluding tert-OH is 1. The highest BCUT2D eigenvalue weighted by atomic mass is 16.5. The van der Waals surface area contributed by atoms with Gasteiger partial charge in [-0.05, 0) is 26.7 Å². The Kier molecular flexibility index (Phi) is 10.6. The standard InChI is InChI=1S/C16H35NO2/c1-6-7-8-9-10-15(4)19-12-11-16(5,13-18)17-14(2)3/h14-15,17-18H,6-13H2,1-5H3. The lowest BCUT2D eigenvalue weighted by Crippen LogP contribution is -2.49. The molecule has 2 N–H and O–H groups in total. The molecule has 0 aromatic rings. The molecule has 0 amide bonds. The Bertz CT molecular complexity index is 209. The molecule has 0 aliphatic heterocycles. The number of hydrogen-bond donors (Lipinski definition) is 2. The first-order valence-corrected chi connectivity index (χ1v) is 7.93. The van der Waals surface area contributed by atoms with Crippen molar-refractivity contribution in [1.29, 1.82) is 0 Å². The predicted molar refractivity (Wildman–Crippen MR) is 82.6 cm³/mol. The minimum Gasteiger partial charge on any atom is -0.394 e. The van der Waals surface area contributed by atoms with Crippen LogP contribution in [-0.4, -0.2) is 36.0 Å². The van der Waals surface area contributed by atoms with Crippen LogP contribution in [0.3, 0.4) is 0 Å². The Balaban J connectivity index is 3.74. The van der Waals surface area contributed by atoms with Crippen LogP contribution in [-0.2, 0) is 4.74 Å². The second-order valence-corrected chi connectivity index (χ2v) is 6.30. The molecular formula is C16H35NO2. The van der Waals surface area contributed by atoms with E-state index in [1.165, 1.54) is 25.7 Å². The lowest BCUT2D eigenvalue weighted by molar-refractivity contribution is 0.0336. The third-order valence-corrected chi connectivity index (χ3v) is 3.51. The van der Waals surface area contributed by atoms with Gasteiger partial charge in [0.05, 0.1) is 12.7 Å². The highest BCUT2D eigenvalue weighted by Gasteiger charge is 2.23. The van der Waals surface area contributed by atoms with Gasteiger partial charge >= 0.3 is 0 Å². The summed E-state index contributed by atoms with van der Waals surface area (Å²) in [6.45, 7) is 11.5. The Morgan fingerprint density at radius 3 is 2.37 bits per heavy atom. The summed E-state index contributed by atoms with van der Waals surface area (Å²) >= 11 is 0. The zero-order valence-corrected chi connectivity index (χ0v) is 13.7. The summed E-state index contributed by atoms with van der Waals surface area (Å²) in [5, 5.41) is 12.9. The molecule has 0 aromatic heterocycles. The summed E-state index contributed by atoms with van der Waals surface area (Å²) in [7, 11) is 0. The summed E-state index contributed by atoms with van der Waals surface area (Å²) in [5.41, 5.74) is -0.226. The SMILES string of the molecule is CCCCCCC(C)OCCC(C)(CO)NC(C)C. The second kappa shape index (κ2) is 10.6. The smallest absolute Gasteiger partial charge is 0.0611 e. The van der Waals surface area contributed by atoms with Crippen molar-refractivity contribution in [2.24, 2.45) is 0 Å². The summed E-state index contributed by atoms with van der Waals surface area (Å²) in [5.74, 6) is 0. The third kappa shape index (κ3) is 10.3. The van der Waals surface area contributed by atoms with E-state index in [2.05, 4.69) is 39.9 Å². The molecular weight excluding hydrogens is 238 g/mol. The molecule has 0 aliphatic rings. The van der Waals surface area contributed by atoms with Crippen LogP contribution in [0.25, 0.3) is 0 Å². The quantitative estimate of drug-likeness (QED) is 0.535. The molecule has 3 nitrogen and oxygen atoms in total. The van der Waals surface area contributed by atoms with E-state index in [-0.39, 0.29) is 12.1 Å². The Hall–Kier alpha value is -0.120. The zero-order valence-electron chi connectivity index (χ0n) is 13.7. The van der Waals surface area contributed by atoms with Crippen LogP contribution in [0.1, 0.15) is 73.1 Å². The van der Waals surface area contributed by atoms with Gasteiger partial charge in [0.15, 0.2) is 0 Å². The van der Waals surface area contributed by atoms with E-state index in [4.69, 9.17) is 4.74 Å². The van der Waals surface area contributed by atoms with E-state index in [1.54, 1.807) is 0 Å². The van der Waals surface area contributed by atoms with E-state index in [1.807, 2.05) is 0 Å². The van der Waals surface area contributed by atoms with Crippen LogP contribution in [0.4, 0.5) is 0 Å². The van der Waals surface area contributed by atoms with Crippen molar-refractivity contribution < 1.29 is 9.84 Å². The van der Waals surface area contributed by atoms with Crippen LogP contribution in [0, 0.1) is 0 Å². The normalized spacial score (nSPS) is 16.6. The fourth-order valence-electron chi connectivity index (χ4n) is 2.32. The number of nitrogens with one attached hydrogen (secondary N) is 1. The Morgan fingerprint density at radius 1 is 1.16 bits per heavy atom. The maximum Gasteiger partial charge on any atom is 0.0611 e. The van der Waals surface area contributed by atoms with Gasteiger partial charge in [-0.25, -0.2) is 0 Å². The zero-order chi connectivity index (χ0) is 14.7. The lowest BCUT2D eigenvalue weighted by Gasteiger charge is -2.31. The van der Waals surface area contributed by atoms with E-state index in [0.29, 0.717) is 18.8 Å². The van der Waals surface area contributed by atoms with Gasteiger partial charge in [0.25, 0.3) is 0 Å². The molecule has 0 rings (SSSR count). The number of ether oxygens (including phenoxy) is 1. The maximum absolute atomic E-state index is 9.48. The van der Waals surface area contributed by atoms with Gasteiger partial charge in [-0.1, -0.05) is 46.5 Å². The average molecular weight is 273 g/mol. The number of unbranched alkanes of at least 4 members (excludes halogenated alkanes) is 3. The number of rotatable bonds is 12. The highest BCUT2D eigenvalue weighted by molar-refractivity contribution is 4.83. The molecule has 0 bridgehead atoms. The van der Waals surface area contributed by atoms with Crippen molar-refractivity contribution >= 4 is 0 Å². The number of aliphatic hydroxyl groups is 1. The van der Waals surface area contributed by atoms with Crippen molar-refractivity contribution in [1.82, 2.24) is 5.32 Å². The molecule has 2 atom stereocenters. The van der Waals surface area contributed by atoms with E-state index in [0.717, 1.165) is 12.8 Å². The molecule has 0 radical (unpaired) electrons. The first-order valence-electron chi connectivity index (χ1n) is 7.93. The van der Waals surface area contributed by atoms with E-state index in [9.17, 15) is 5.11 Å². The van der Waals surface area contributed by atoms with Crippen molar-refractivity contribution in [3.63, 3.8) is 0 Å². The topological polar surface area (TPSA) is 41.5 Å². The van der Waals surface area contributed by atoms with Crippen LogP contribution in [0.5, 0.6) is 0 Å². The second-order valence-electron chi connectivity index (χ2n) is 6.30. The number of hydrogen-bond acceptors (Lipinski definition) is 3. The fraction of sp³-hybridized carbons (Fsp3) is 1.00. The molecule has 0 fully saturated rings. The van der Waals surface area contributed by atoms with Crippen LogP contribution >= 0.6 is 0 Å². The summed E-state index contributed by atoms with van der Waals surface area (Å²) < 4.78 is 5.85. The van der Waals surface area contributed by atoms with Crippen LogP contribution in [0.2, 0.25) is 0 Å². The largest absolute Gasteiger partial charge is 0.394 e. The fourth-order valence-corrected chi connectivity index (χ4v) is 2.32. The molecule has 116 valence electrons. The van der Waals surface area contributed by atoms with E-state index >= 15 is 0 Å². The molecule has 0 saturated heterocycles. The van der Waals surface area contributed by atoms with Gasteiger partial charge in [-0.15, -0.1) is 0 Å². The first kappa shape index (κ1) is 18.9. The molecule has 2 unspecified atom stereocenters. The third-order valence-electron chi connectivity index (χ3n) is 3.51. The first-order chi connectivity index (χ1) is 8.93. The molecule has 0 saturated carbocycles. The van der Waals surface area contributed by atoms with Crippen molar-refractivity contribution in [2.75, 3.05) is 13.2 Å². The van der Waals surface area contributed by atoms with Crippen molar-refractivity contribution in [3.05, 3.63) is 0 Å². The molecule has 0 spiro atoms. The monoisotopic (exact) mass is 273 g/mol. The van der Waals surface area contributed by atoms with Crippen molar-refractivity contribution in [2.45, 2.75) is 90.8 Å². The molecule has 19 heavy (non-hydrogen) atoms. The summed E-state index contributed by atoms with van der Waals surface area (Å²) in [4.78, 5) is 0. The molecule has 0 heterocycles. The van der Waals surface area contributed by atoms with Crippen LogP contribution in [0.15, 0.2) is 0 Å². The van der Waals surface area contributed by atoms with Gasteiger partial charge in [-0.2, -0.15) is 0 Å². The van der Waals surface area contributed by atoms with Crippen molar-refractivity contribution in [3.8, 4) is 0 Å². The van der Waals surface area contributed by atoms with Gasteiger partial charge in [-0.3, -0.25) is 0 Å². The van der Waals surface area contributed by atoms with E-state index < -0.39 is 0 Å². The van der Waals surface area contributed by atoms with Gasteiger partial charge in [0, 0.05) is 18.2 Å². The van der Waals surface area contributed by atoms with Gasteiger partial charge in [0.2, 0.25) is 0 Å². The highest BCUT2D eigenvalue weighted by Crippen LogP contribution is 2.13. The minimum atomic E-state index is -0.226. The Labute approximate surface area is 120 Å². The summed E-state index contributed by atoms with van der Waals surface area (Å²) in [6, 6.07) is 0.378. The maximum atomic E-state index is 9.48. The summed E-state index contributed by atoms with van der Waals surface area (Å²) in [6.07, 6.45) is 7.51. The van der Waals surface area contributed by atoms with Crippen LogP contribution < -0.4 is 5.32 Å². The Morgan fingerprint density at radius 2 is 1.84 bits per heavy atom. The molecule has 0 aromatic carbocycles. The lowest BCUT2D eigenvalue weighted by atomic mass is 9.98. The van der Waals surface area contributed by atoms with Gasteiger partial charge < -0.3 is 15.2 Å². The predicted octanol–water partition coefficient (Wildman–Crippen LogP) is 3.50.